The Morgan fingerprint density at radius 2 is 1.79 bits per heavy atom. The fraction of sp³-hybridized carbons (Fsp3) is 0.273. The number of H-pyrrole nitrogens is 1. The van der Waals surface area contributed by atoms with E-state index in [1.165, 1.54) is 0 Å². The summed E-state index contributed by atoms with van der Waals surface area (Å²) in [6.07, 6.45) is 1.40. The molecule has 4 rings (SSSR count). The minimum absolute atomic E-state index is 0.191. The standard InChI is InChI=1S/C22H23BrN4O/c23-19-9-7-17(8-10-19)15-22(28)27-12-4-11-26(13-14-27)21-16-20(24-25-21)18-5-2-1-3-6-18/h1-3,5-10,16H,4,11-15H2,(H,24,25). The predicted molar refractivity (Wildman–Crippen MR) is 115 cm³/mol. The molecule has 28 heavy (non-hydrogen) atoms. The predicted octanol–water partition coefficient (Wildman–Crippen LogP) is 4.12. The molecule has 0 spiro atoms. The molecule has 0 atom stereocenters. The summed E-state index contributed by atoms with van der Waals surface area (Å²) in [5, 5.41) is 7.63. The largest absolute Gasteiger partial charge is 0.353 e. The van der Waals surface area contributed by atoms with Gasteiger partial charge in [0.15, 0.2) is 5.82 Å². The highest BCUT2D eigenvalue weighted by Gasteiger charge is 2.21. The maximum atomic E-state index is 12.7. The summed E-state index contributed by atoms with van der Waals surface area (Å²) in [5.41, 5.74) is 3.19. The quantitative estimate of drug-likeness (QED) is 0.666. The molecule has 1 aromatic heterocycles. The zero-order chi connectivity index (χ0) is 19.3. The van der Waals surface area contributed by atoms with Crippen molar-refractivity contribution in [3.8, 4) is 11.3 Å². The van der Waals surface area contributed by atoms with E-state index in [2.05, 4.69) is 49.2 Å². The molecular weight excluding hydrogens is 416 g/mol. The molecule has 2 heterocycles. The first-order valence-corrected chi connectivity index (χ1v) is 10.4. The van der Waals surface area contributed by atoms with Crippen LogP contribution in [0, 0.1) is 0 Å². The van der Waals surface area contributed by atoms with Crippen molar-refractivity contribution >= 4 is 27.7 Å². The Morgan fingerprint density at radius 1 is 1.00 bits per heavy atom. The second-order valence-electron chi connectivity index (χ2n) is 7.03. The van der Waals surface area contributed by atoms with Gasteiger partial charge in [0.25, 0.3) is 0 Å². The van der Waals surface area contributed by atoms with Crippen LogP contribution in [0.1, 0.15) is 12.0 Å². The van der Waals surface area contributed by atoms with E-state index in [-0.39, 0.29) is 5.91 Å². The molecule has 144 valence electrons. The molecule has 1 aliphatic rings. The van der Waals surface area contributed by atoms with Crippen LogP contribution in [0.4, 0.5) is 5.82 Å². The van der Waals surface area contributed by atoms with Gasteiger partial charge in [0.2, 0.25) is 5.91 Å². The lowest BCUT2D eigenvalue weighted by molar-refractivity contribution is -0.130. The smallest absolute Gasteiger partial charge is 0.227 e. The van der Waals surface area contributed by atoms with E-state index >= 15 is 0 Å². The van der Waals surface area contributed by atoms with Gasteiger partial charge in [0, 0.05) is 36.7 Å². The summed E-state index contributed by atoms with van der Waals surface area (Å²) < 4.78 is 1.03. The van der Waals surface area contributed by atoms with Crippen LogP contribution in [0.3, 0.4) is 0 Å². The second-order valence-corrected chi connectivity index (χ2v) is 7.95. The molecule has 1 amide bonds. The summed E-state index contributed by atoms with van der Waals surface area (Å²) in [6.45, 7) is 3.22. The molecule has 1 N–H and O–H groups in total. The van der Waals surface area contributed by atoms with Crippen molar-refractivity contribution < 1.29 is 4.79 Å². The van der Waals surface area contributed by atoms with E-state index < -0.39 is 0 Å². The van der Waals surface area contributed by atoms with Crippen molar-refractivity contribution in [3.05, 3.63) is 70.7 Å². The third kappa shape index (κ3) is 4.44. The van der Waals surface area contributed by atoms with E-state index in [0.717, 1.165) is 59.7 Å². The molecule has 0 saturated carbocycles. The molecule has 1 aliphatic heterocycles. The minimum Gasteiger partial charge on any atom is -0.353 e. The van der Waals surface area contributed by atoms with Gasteiger partial charge in [0.05, 0.1) is 12.1 Å². The first-order chi connectivity index (χ1) is 13.7. The third-order valence-corrected chi connectivity index (χ3v) is 5.62. The molecule has 6 heteroatoms. The Bertz CT molecular complexity index is 923. The van der Waals surface area contributed by atoms with Gasteiger partial charge < -0.3 is 9.80 Å². The van der Waals surface area contributed by atoms with Gasteiger partial charge in [-0.15, -0.1) is 0 Å². The van der Waals surface area contributed by atoms with Gasteiger partial charge in [-0.2, -0.15) is 5.10 Å². The van der Waals surface area contributed by atoms with E-state index in [4.69, 9.17) is 0 Å². The molecule has 0 aliphatic carbocycles. The maximum absolute atomic E-state index is 12.7. The monoisotopic (exact) mass is 438 g/mol. The lowest BCUT2D eigenvalue weighted by atomic mass is 10.1. The van der Waals surface area contributed by atoms with Crippen molar-refractivity contribution in [2.75, 3.05) is 31.1 Å². The number of halogens is 1. The number of aromatic nitrogens is 2. The first kappa shape index (κ1) is 18.7. The van der Waals surface area contributed by atoms with Crippen LogP contribution in [0.5, 0.6) is 0 Å². The summed E-state index contributed by atoms with van der Waals surface area (Å²) >= 11 is 3.43. The van der Waals surface area contributed by atoms with Gasteiger partial charge >= 0.3 is 0 Å². The molecule has 3 aromatic rings. The Labute approximate surface area is 173 Å². The normalized spacial score (nSPS) is 14.8. The highest BCUT2D eigenvalue weighted by molar-refractivity contribution is 9.10. The molecule has 0 radical (unpaired) electrons. The molecule has 0 unspecified atom stereocenters. The average Bonchev–Trinajstić information content (AvgIpc) is 3.08. The minimum atomic E-state index is 0.191. The maximum Gasteiger partial charge on any atom is 0.227 e. The van der Waals surface area contributed by atoms with Crippen LogP contribution in [-0.2, 0) is 11.2 Å². The number of nitrogens with zero attached hydrogens (tertiary/aromatic N) is 3. The highest BCUT2D eigenvalue weighted by atomic mass is 79.9. The van der Waals surface area contributed by atoms with Gasteiger partial charge in [0.1, 0.15) is 0 Å². The number of carbonyl (C=O) groups is 1. The lowest BCUT2D eigenvalue weighted by Gasteiger charge is -2.22. The lowest BCUT2D eigenvalue weighted by Crippen LogP contribution is -2.36. The van der Waals surface area contributed by atoms with Crippen molar-refractivity contribution in [2.45, 2.75) is 12.8 Å². The molecule has 0 bridgehead atoms. The first-order valence-electron chi connectivity index (χ1n) is 9.57. The van der Waals surface area contributed by atoms with E-state index in [1.54, 1.807) is 0 Å². The SMILES string of the molecule is O=C(Cc1ccc(Br)cc1)N1CCCN(c2cc(-c3ccccc3)[nH]n2)CC1. The molecule has 5 nitrogen and oxygen atoms in total. The van der Waals surface area contributed by atoms with E-state index in [0.29, 0.717) is 6.42 Å². The van der Waals surface area contributed by atoms with Crippen LogP contribution < -0.4 is 4.90 Å². The second kappa shape index (κ2) is 8.61. The van der Waals surface area contributed by atoms with Gasteiger partial charge in [-0.3, -0.25) is 9.89 Å². The number of aromatic amines is 1. The Balaban J connectivity index is 1.38. The number of hydrogen-bond acceptors (Lipinski definition) is 3. The number of amides is 1. The van der Waals surface area contributed by atoms with Crippen molar-refractivity contribution in [1.29, 1.82) is 0 Å². The van der Waals surface area contributed by atoms with Gasteiger partial charge in [-0.05, 0) is 29.7 Å². The number of benzene rings is 2. The molecule has 1 saturated heterocycles. The molecule has 2 aromatic carbocycles. The van der Waals surface area contributed by atoms with Crippen LogP contribution in [0.2, 0.25) is 0 Å². The zero-order valence-corrected chi connectivity index (χ0v) is 17.2. The Hall–Kier alpha value is -2.60. The molecular formula is C22H23BrN4O. The average molecular weight is 439 g/mol. The summed E-state index contributed by atoms with van der Waals surface area (Å²) in [6, 6.07) is 20.3. The fourth-order valence-electron chi connectivity index (χ4n) is 3.52. The topological polar surface area (TPSA) is 52.2 Å². The van der Waals surface area contributed by atoms with Crippen LogP contribution in [0.25, 0.3) is 11.3 Å². The third-order valence-electron chi connectivity index (χ3n) is 5.09. The van der Waals surface area contributed by atoms with Crippen LogP contribution in [0.15, 0.2) is 65.1 Å². The number of carbonyl (C=O) groups excluding carboxylic acids is 1. The highest BCUT2D eigenvalue weighted by Crippen LogP contribution is 2.22. The summed E-state index contributed by atoms with van der Waals surface area (Å²) in [5.74, 6) is 1.14. The number of hydrogen-bond donors (Lipinski definition) is 1. The van der Waals surface area contributed by atoms with Crippen molar-refractivity contribution in [2.24, 2.45) is 0 Å². The van der Waals surface area contributed by atoms with Crippen LogP contribution in [-0.4, -0.2) is 47.2 Å². The van der Waals surface area contributed by atoms with E-state index in [1.807, 2.05) is 47.4 Å². The molecule has 1 fully saturated rings. The van der Waals surface area contributed by atoms with Crippen LogP contribution >= 0.6 is 15.9 Å². The summed E-state index contributed by atoms with van der Waals surface area (Å²) in [4.78, 5) is 17.0. The van der Waals surface area contributed by atoms with Gasteiger partial charge in [-0.1, -0.05) is 58.4 Å². The van der Waals surface area contributed by atoms with Gasteiger partial charge in [-0.25, -0.2) is 0 Å². The number of nitrogens with one attached hydrogen (secondary N) is 1. The fourth-order valence-corrected chi connectivity index (χ4v) is 3.79. The number of anilines is 1. The van der Waals surface area contributed by atoms with Crippen molar-refractivity contribution in [1.82, 2.24) is 15.1 Å². The zero-order valence-electron chi connectivity index (χ0n) is 15.6. The number of rotatable bonds is 4. The Morgan fingerprint density at radius 3 is 2.57 bits per heavy atom. The Kier molecular flexibility index (Phi) is 5.76. The summed E-state index contributed by atoms with van der Waals surface area (Å²) in [7, 11) is 0. The van der Waals surface area contributed by atoms with E-state index in [9.17, 15) is 4.79 Å². The van der Waals surface area contributed by atoms with Crippen molar-refractivity contribution in [3.63, 3.8) is 0 Å².